The van der Waals surface area contributed by atoms with Gasteiger partial charge < -0.3 is 10.5 Å². The molecule has 0 spiro atoms. The van der Waals surface area contributed by atoms with Crippen LogP contribution in [0, 0.1) is 5.82 Å². The van der Waals surface area contributed by atoms with Gasteiger partial charge in [0.05, 0.1) is 5.69 Å². The Balaban J connectivity index is 2.14. The molecule has 1 amide bonds. The summed E-state index contributed by atoms with van der Waals surface area (Å²) >= 11 is 0. The number of aromatic amines is 1. The van der Waals surface area contributed by atoms with E-state index in [2.05, 4.69) is 15.5 Å². The summed E-state index contributed by atoms with van der Waals surface area (Å²) in [5, 5.41) is 8.84. The molecule has 21 heavy (non-hydrogen) atoms. The number of carbonyl (C=O) groups excluding carboxylic acids is 1. The normalized spacial score (nSPS) is 11.2. The number of carbonyl (C=O) groups is 1. The van der Waals surface area contributed by atoms with Gasteiger partial charge in [-0.15, -0.1) is 0 Å². The van der Waals surface area contributed by atoms with Crippen LogP contribution in [-0.2, 0) is 4.74 Å². The van der Waals surface area contributed by atoms with Crippen molar-refractivity contribution in [3.63, 3.8) is 0 Å². The molecule has 0 unspecified atom stereocenters. The van der Waals surface area contributed by atoms with Gasteiger partial charge in [0.15, 0.2) is 0 Å². The number of nitrogens with zero attached hydrogens (tertiary/aromatic N) is 1. The first kappa shape index (κ1) is 14.8. The van der Waals surface area contributed by atoms with Crippen molar-refractivity contribution in [2.45, 2.75) is 26.4 Å². The lowest BCUT2D eigenvalue weighted by Gasteiger charge is -2.19. The van der Waals surface area contributed by atoms with Gasteiger partial charge in [-0.05, 0) is 39.0 Å². The van der Waals surface area contributed by atoms with E-state index in [1.165, 1.54) is 18.2 Å². The maximum atomic E-state index is 14.1. The second-order valence-electron chi connectivity index (χ2n) is 5.53. The molecule has 7 heteroatoms. The third-order valence-corrected chi connectivity index (χ3v) is 2.50. The summed E-state index contributed by atoms with van der Waals surface area (Å²) in [7, 11) is 0. The predicted octanol–water partition coefficient (Wildman–Crippen LogP) is 3.15. The lowest BCUT2D eigenvalue weighted by atomic mass is 10.1. The van der Waals surface area contributed by atoms with Gasteiger partial charge in [0.1, 0.15) is 17.2 Å². The van der Waals surface area contributed by atoms with Gasteiger partial charge in [-0.2, -0.15) is 5.10 Å². The lowest BCUT2D eigenvalue weighted by molar-refractivity contribution is 0.0636. The molecular weight excluding hydrogens is 275 g/mol. The molecule has 0 atom stereocenters. The molecule has 6 nitrogen and oxygen atoms in total. The number of nitrogens with one attached hydrogen (secondary N) is 2. The molecule has 1 heterocycles. The molecule has 112 valence electrons. The van der Waals surface area contributed by atoms with Crippen molar-refractivity contribution in [2.24, 2.45) is 0 Å². The summed E-state index contributed by atoms with van der Waals surface area (Å²) < 4.78 is 19.1. The van der Waals surface area contributed by atoms with Gasteiger partial charge in [0, 0.05) is 17.3 Å². The average molecular weight is 292 g/mol. The number of rotatable bonds is 2. The molecule has 0 aliphatic carbocycles. The van der Waals surface area contributed by atoms with E-state index in [4.69, 9.17) is 10.5 Å². The molecule has 1 aromatic heterocycles. The molecule has 0 aliphatic rings. The van der Waals surface area contributed by atoms with E-state index >= 15 is 0 Å². The van der Waals surface area contributed by atoms with Crippen LogP contribution in [0.4, 0.5) is 20.7 Å². The second kappa shape index (κ2) is 5.43. The van der Waals surface area contributed by atoms with Crippen LogP contribution < -0.4 is 11.1 Å². The van der Waals surface area contributed by atoms with Crippen molar-refractivity contribution < 1.29 is 13.9 Å². The minimum Gasteiger partial charge on any atom is -0.444 e. The monoisotopic (exact) mass is 292 g/mol. The van der Waals surface area contributed by atoms with E-state index < -0.39 is 17.5 Å². The van der Waals surface area contributed by atoms with E-state index in [1.807, 2.05) is 0 Å². The number of halogens is 1. The number of aromatic nitrogens is 2. The molecule has 2 aromatic rings. The number of amides is 1. The molecule has 0 bridgehead atoms. The van der Waals surface area contributed by atoms with Crippen molar-refractivity contribution in [2.75, 3.05) is 11.1 Å². The van der Waals surface area contributed by atoms with E-state index in [0.717, 1.165) is 0 Å². The number of nitrogen functional groups attached to an aromatic ring is 1. The fraction of sp³-hybridized carbons (Fsp3) is 0.286. The first-order valence-corrected chi connectivity index (χ1v) is 6.35. The Kier molecular flexibility index (Phi) is 3.84. The quantitative estimate of drug-likeness (QED) is 0.792. The van der Waals surface area contributed by atoms with E-state index in [-0.39, 0.29) is 5.82 Å². The van der Waals surface area contributed by atoms with Crippen molar-refractivity contribution in [3.05, 3.63) is 30.1 Å². The van der Waals surface area contributed by atoms with Crippen molar-refractivity contribution in [1.29, 1.82) is 0 Å². The van der Waals surface area contributed by atoms with Crippen LogP contribution in [0.25, 0.3) is 11.3 Å². The molecule has 0 fully saturated rings. The topological polar surface area (TPSA) is 93.0 Å². The summed E-state index contributed by atoms with van der Waals surface area (Å²) in [6.07, 6.45) is -0.638. The van der Waals surface area contributed by atoms with Gasteiger partial charge in [-0.25, -0.2) is 9.18 Å². The predicted molar refractivity (Wildman–Crippen MR) is 78.3 cm³/mol. The minimum absolute atomic E-state index is 0.278. The van der Waals surface area contributed by atoms with Crippen LogP contribution in [0.5, 0.6) is 0 Å². The second-order valence-corrected chi connectivity index (χ2v) is 5.53. The minimum atomic E-state index is -0.638. The summed E-state index contributed by atoms with van der Waals surface area (Å²) in [5.74, 6) is -0.229. The highest BCUT2D eigenvalue weighted by Gasteiger charge is 2.17. The Morgan fingerprint density at radius 1 is 1.38 bits per heavy atom. The number of nitrogens with two attached hydrogens (primary N) is 1. The third kappa shape index (κ3) is 3.95. The standard InChI is InChI=1S/C14H17FN4O2/c1-14(2,3)21-13(20)17-8-4-5-9(10(15)6-8)11-7-12(16)19-18-11/h4-7H,1-3H3,(H,17,20)(H3,16,18,19). The van der Waals surface area contributed by atoms with E-state index in [1.54, 1.807) is 26.8 Å². The molecule has 4 N–H and O–H groups in total. The van der Waals surface area contributed by atoms with E-state index in [9.17, 15) is 9.18 Å². The third-order valence-electron chi connectivity index (χ3n) is 2.50. The number of H-pyrrole nitrogens is 1. The highest BCUT2D eigenvalue weighted by Crippen LogP contribution is 2.25. The van der Waals surface area contributed by atoms with Crippen LogP contribution in [0.3, 0.4) is 0 Å². The van der Waals surface area contributed by atoms with E-state index in [0.29, 0.717) is 16.9 Å². The molecule has 0 saturated carbocycles. The zero-order valence-electron chi connectivity index (χ0n) is 12.0. The SMILES string of the molecule is CC(C)(C)OC(=O)Nc1ccc(-c2cc(N)n[nH]2)c(F)c1. The highest BCUT2D eigenvalue weighted by atomic mass is 19.1. The lowest BCUT2D eigenvalue weighted by Crippen LogP contribution is -2.27. The first-order valence-electron chi connectivity index (χ1n) is 6.35. The number of ether oxygens (including phenoxy) is 1. The molecule has 0 radical (unpaired) electrons. The van der Waals surface area contributed by atoms with Crippen molar-refractivity contribution in [3.8, 4) is 11.3 Å². The highest BCUT2D eigenvalue weighted by molar-refractivity contribution is 5.85. The molecule has 0 aliphatic heterocycles. The fourth-order valence-corrected chi connectivity index (χ4v) is 1.71. The molecule has 0 saturated heterocycles. The Morgan fingerprint density at radius 2 is 2.10 bits per heavy atom. The van der Waals surface area contributed by atoms with Crippen LogP contribution in [0.2, 0.25) is 0 Å². The Bertz CT molecular complexity index is 661. The Morgan fingerprint density at radius 3 is 2.62 bits per heavy atom. The van der Waals surface area contributed by atoms with Crippen LogP contribution in [0.15, 0.2) is 24.3 Å². The molecule has 2 rings (SSSR count). The summed E-state index contributed by atoms with van der Waals surface area (Å²) in [6, 6.07) is 5.82. The molecule has 1 aromatic carbocycles. The average Bonchev–Trinajstić information content (AvgIpc) is 2.73. The van der Waals surface area contributed by atoms with Crippen LogP contribution >= 0.6 is 0 Å². The number of hydrogen-bond donors (Lipinski definition) is 3. The van der Waals surface area contributed by atoms with Gasteiger partial charge in [-0.3, -0.25) is 10.4 Å². The smallest absolute Gasteiger partial charge is 0.412 e. The summed E-state index contributed by atoms with van der Waals surface area (Å²) in [5.41, 5.74) is 5.95. The Labute approximate surface area is 121 Å². The number of anilines is 2. The maximum Gasteiger partial charge on any atom is 0.412 e. The fourth-order valence-electron chi connectivity index (χ4n) is 1.71. The largest absolute Gasteiger partial charge is 0.444 e. The van der Waals surface area contributed by atoms with Crippen LogP contribution in [0.1, 0.15) is 20.8 Å². The number of hydrogen-bond acceptors (Lipinski definition) is 4. The van der Waals surface area contributed by atoms with Gasteiger partial charge in [-0.1, -0.05) is 0 Å². The van der Waals surface area contributed by atoms with Gasteiger partial charge in [0.2, 0.25) is 0 Å². The van der Waals surface area contributed by atoms with Gasteiger partial charge >= 0.3 is 6.09 Å². The number of benzene rings is 1. The maximum absolute atomic E-state index is 14.1. The van der Waals surface area contributed by atoms with Gasteiger partial charge in [0.25, 0.3) is 0 Å². The zero-order chi connectivity index (χ0) is 15.6. The first-order chi connectivity index (χ1) is 9.74. The zero-order valence-corrected chi connectivity index (χ0v) is 12.0. The molecular formula is C14H17FN4O2. The Hall–Kier alpha value is -2.57. The van der Waals surface area contributed by atoms with Crippen LogP contribution in [-0.4, -0.2) is 21.9 Å². The summed E-state index contributed by atoms with van der Waals surface area (Å²) in [4.78, 5) is 11.6. The summed E-state index contributed by atoms with van der Waals surface area (Å²) in [6.45, 7) is 5.25. The van der Waals surface area contributed by atoms with Crippen molar-refractivity contribution in [1.82, 2.24) is 10.2 Å². The van der Waals surface area contributed by atoms with Crippen molar-refractivity contribution >= 4 is 17.6 Å².